The fourth-order valence-corrected chi connectivity index (χ4v) is 3.73. The van der Waals surface area contributed by atoms with Crippen LogP contribution in [0.2, 0.25) is 0 Å². The number of anilines is 1. The molecule has 1 atom stereocenters. The summed E-state index contributed by atoms with van der Waals surface area (Å²) in [4.78, 5) is 24.6. The SMILES string of the molecule is C[C@@](O)(CNC(=O)C(=O)Nc1cccc(C(F)(F)F)c1)c1cc2ccccc2s1. The van der Waals surface area contributed by atoms with E-state index in [4.69, 9.17) is 0 Å². The minimum atomic E-state index is -4.56. The summed E-state index contributed by atoms with van der Waals surface area (Å²) in [6.45, 7) is 1.26. The molecule has 3 rings (SSSR count). The van der Waals surface area contributed by atoms with Gasteiger partial charge in [0.15, 0.2) is 0 Å². The third kappa shape index (κ3) is 4.93. The number of alkyl halides is 3. The van der Waals surface area contributed by atoms with Crippen molar-refractivity contribution >= 4 is 38.9 Å². The lowest BCUT2D eigenvalue weighted by molar-refractivity contribution is -0.137. The number of halogens is 3. The zero-order valence-corrected chi connectivity index (χ0v) is 16.0. The van der Waals surface area contributed by atoms with Crippen LogP contribution in [0.5, 0.6) is 0 Å². The van der Waals surface area contributed by atoms with E-state index in [2.05, 4.69) is 10.6 Å². The minimum Gasteiger partial charge on any atom is -0.383 e. The second kappa shape index (κ2) is 7.84. The van der Waals surface area contributed by atoms with Crippen molar-refractivity contribution in [3.05, 3.63) is 65.0 Å². The molecule has 0 saturated heterocycles. The highest BCUT2D eigenvalue weighted by atomic mass is 32.1. The summed E-state index contributed by atoms with van der Waals surface area (Å²) in [6, 6.07) is 13.3. The van der Waals surface area contributed by atoms with Crippen molar-refractivity contribution in [3.8, 4) is 0 Å². The van der Waals surface area contributed by atoms with E-state index in [1.807, 2.05) is 24.3 Å². The third-order valence-electron chi connectivity index (χ3n) is 4.20. The van der Waals surface area contributed by atoms with Crippen molar-refractivity contribution in [1.29, 1.82) is 0 Å². The van der Waals surface area contributed by atoms with Crippen LogP contribution in [0, 0.1) is 0 Å². The summed E-state index contributed by atoms with van der Waals surface area (Å²) in [6.07, 6.45) is -4.56. The van der Waals surface area contributed by atoms with E-state index < -0.39 is 29.2 Å². The molecule has 0 saturated carbocycles. The van der Waals surface area contributed by atoms with Gasteiger partial charge in [-0.25, -0.2) is 0 Å². The van der Waals surface area contributed by atoms with E-state index in [9.17, 15) is 27.9 Å². The molecule has 1 heterocycles. The van der Waals surface area contributed by atoms with Gasteiger partial charge in [0.05, 0.1) is 12.1 Å². The Kier molecular flexibility index (Phi) is 5.63. The average molecular weight is 422 g/mol. The van der Waals surface area contributed by atoms with E-state index in [0.717, 1.165) is 28.3 Å². The molecule has 1 aromatic heterocycles. The first kappa shape index (κ1) is 20.8. The Morgan fingerprint density at radius 3 is 2.45 bits per heavy atom. The Labute approximate surface area is 168 Å². The van der Waals surface area contributed by atoms with Crippen LogP contribution in [0.3, 0.4) is 0 Å². The maximum Gasteiger partial charge on any atom is 0.416 e. The summed E-state index contributed by atoms with van der Waals surface area (Å²) in [5, 5.41) is 16.1. The Morgan fingerprint density at radius 2 is 1.76 bits per heavy atom. The second-order valence-corrected chi connectivity index (χ2v) is 7.72. The van der Waals surface area contributed by atoms with Gasteiger partial charge in [-0.15, -0.1) is 11.3 Å². The van der Waals surface area contributed by atoms with Crippen LogP contribution >= 0.6 is 11.3 Å². The number of fused-ring (bicyclic) bond motifs is 1. The Hall–Kier alpha value is -2.91. The van der Waals surface area contributed by atoms with Crippen molar-refractivity contribution in [2.24, 2.45) is 0 Å². The van der Waals surface area contributed by atoms with Gasteiger partial charge in [0.2, 0.25) is 0 Å². The molecule has 2 aromatic carbocycles. The summed E-state index contributed by atoms with van der Waals surface area (Å²) in [5.41, 5.74) is -2.52. The molecule has 0 aliphatic rings. The van der Waals surface area contributed by atoms with Gasteiger partial charge in [0.25, 0.3) is 0 Å². The molecule has 3 aromatic rings. The molecule has 0 aliphatic heterocycles. The molecule has 152 valence electrons. The Balaban J connectivity index is 1.63. The summed E-state index contributed by atoms with van der Waals surface area (Å²) in [5.74, 6) is -2.19. The molecular formula is C20H17F3N2O3S. The van der Waals surface area contributed by atoms with E-state index in [-0.39, 0.29) is 12.2 Å². The van der Waals surface area contributed by atoms with Gasteiger partial charge in [0.1, 0.15) is 5.60 Å². The lowest BCUT2D eigenvalue weighted by atomic mass is 10.0. The fourth-order valence-electron chi connectivity index (χ4n) is 2.63. The van der Waals surface area contributed by atoms with Crippen molar-refractivity contribution in [3.63, 3.8) is 0 Å². The number of rotatable bonds is 4. The van der Waals surface area contributed by atoms with Crippen LogP contribution in [-0.2, 0) is 21.4 Å². The van der Waals surface area contributed by atoms with Gasteiger partial charge in [-0.05, 0) is 42.6 Å². The molecule has 9 heteroatoms. The maximum atomic E-state index is 12.7. The number of nitrogens with one attached hydrogen (secondary N) is 2. The average Bonchev–Trinajstić information content (AvgIpc) is 3.11. The molecule has 3 N–H and O–H groups in total. The van der Waals surface area contributed by atoms with Crippen LogP contribution in [0.4, 0.5) is 18.9 Å². The normalized spacial score (nSPS) is 13.7. The van der Waals surface area contributed by atoms with Gasteiger partial charge in [-0.3, -0.25) is 9.59 Å². The van der Waals surface area contributed by atoms with E-state index in [0.29, 0.717) is 4.88 Å². The number of hydrogen-bond acceptors (Lipinski definition) is 4. The van der Waals surface area contributed by atoms with Crippen LogP contribution < -0.4 is 10.6 Å². The predicted molar refractivity (Wildman–Crippen MR) is 104 cm³/mol. The topological polar surface area (TPSA) is 78.4 Å². The van der Waals surface area contributed by atoms with Gasteiger partial charge in [-0.1, -0.05) is 24.3 Å². The molecule has 29 heavy (non-hydrogen) atoms. The summed E-state index contributed by atoms with van der Waals surface area (Å²) < 4.78 is 39.2. The monoisotopic (exact) mass is 422 g/mol. The zero-order valence-electron chi connectivity index (χ0n) is 15.2. The summed E-state index contributed by atoms with van der Waals surface area (Å²) in [7, 11) is 0. The van der Waals surface area contributed by atoms with Crippen LogP contribution in [0.1, 0.15) is 17.4 Å². The molecule has 0 spiro atoms. The molecule has 5 nitrogen and oxygen atoms in total. The highest BCUT2D eigenvalue weighted by molar-refractivity contribution is 7.19. The quantitative estimate of drug-likeness (QED) is 0.559. The fraction of sp³-hybridized carbons (Fsp3) is 0.200. The molecule has 2 amide bonds. The van der Waals surface area contributed by atoms with Crippen LogP contribution in [0.25, 0.3) is 10.1 Å². The number of thiophene rings is 1. The standard InChI is InChI=1S/C20H17F3N2O3S/c1-19(28,16-9-12-5-2-3-8-15(12)29-16)11-24-17(26)18(27)25-14-7-4-6-13(10-14)20(21,22)23/h2-10,28H,11H2,1H3,(H,24,26)(H,25,27)/t19-/m1/s1. The van der Waals surface area contributed by atoms with Crippen molar-refractivity contribution < 1.29 is 27.9 Å². The van der Waals surface area contributed by atoms with Crippen molar-refractivity contribution in [2.45, 2.75) is 18.7 Å². The molecule has 0 aliphatic carbocycles. The zero-order chi connectivity index (χ0) is 21.2. The number of carbonyl (C=O) groups excluding carboxylic acids is 2. The largest absolute Gasteiger partial charge is 0.416 e. The van der Waals surface area contributed by atoms with Crippen molar-refractivity contribution in [1.82, 2.24) is 5.32 Å². The first-order valence-electron chi connectivity index (χ1n) is 8.54. The van der Waals surface area contributed by atoms with Crippen LogP contribution in [-0.4, -0.2) is 23.5 Å². The van der Waals surface area contributed by atoms with Crippen LogP contribution in [0.15, 0.2) is 54.6 Å². The number of carbonyl (C=O) groups is 2. The first-order valence-corrected chi connectivity index (χ1v) is 9.36. The van der Waals surface area contributed by atoms with E-state index >= 15 is 0 Å². The molecule has 0 unspecified atom stereocenters. The smallest absolute Gasteiger partial charge is 0.383 e. The highest BCUT2D eigenvalue weighted by Crippen LogP contribution is 2.33. The van der Waals surface area contributed by atoms with Gasteiger partial charge in [0, 0.05) is 15.3 Å². The molecular weight excluding hydrogens is 405 g/mol. The van der Waals surface area contributed by atoms with Crippen molar-refractivity contribution in [2.75, 3.05) is 11.9 Å². The Morgan fingerprint density at radius 1 is 1.03 bits per heavy atom. The minimum absolute atomic E-state index is 0.156. The van der Waals surface area contributed by atoms with E-state index in [1.165, 1.54) is 24.3 Å². The number of aliphatic hydroxyl groups is 1. The number of benzene rings is 2. The molecule has 0 fully saturated rings. The number of amides is 2. The first-order chi connectivity index (χ1) is 13.6. The van der Waals surface area contributed by atoms with Gasteiger partial charge >= 0.3 is 18.0 Å². The maximum absolute atomic E-state index is 12.7. The second-order valence-electron chi connectivity index (χ2n) is 6.64. The highest BCUT2D eigenvalue weighted by Gasteiger charge is 2.31. The molecule has 0 radical (unpaired) electrons. The van der Waals surface area contributed by atoms with Gasteiger partial charge in [-0.2, -0.15) is 13.2 Å². The van der Waals surface area contributed by atoms with Gasteiger partial charge < -0.3 is 15.7 Å². The summed E-state index contributed by atoms with van der Waals surface area (Å²) >= 11 is 1.36. The molecule has 0 bridgehead atoms. The predicted octanol–water partition coefficient (Wildman–Crippen LogP) is 3.88. The third-order valence-corrected chi connectivity index (χ3v) is 5.57. The number of hydrogen-bond donors (Lipinski definition) is 3. The lowest BCUT2D eigenvalue weighted by Crippen LogP contribution is -2.43. The Bertz CT molecular complexity index is 1030. The lowest BCUT2D eigenvalue weighted by Gasteiger charge is -2.22. The van der Waals surface area contributed by atoms with E-state index in [1.54, 1.807) is 6.07 Å².